The lowest BCUT2D eigenvalue weighted by Gasteiger charge is -2.20. The normalized spacial score (nSPS) is 15.9. The molecule has 1 aliphatic rings. The zero-order valence-corrected chi connectivity index (χ0v) is 19.5. The highest BCUT2D eigenvalue weighted by Gasteiger charge is 2.28. The summed E-state index contributed by atoms with van der Waals surface area (Å²) in [7, 11) is 5.68. The molecular formula is C27H27FN4O2. The smallest absolute Gasteiger partial charge is 0.254 e. The van der Waals surface area contributed by atoms with Gasteiger partial charge in [0.05, 0.1) is 7.11 Å². The largest absolute Gasteiger partial charge is 0.496 e. The summed E-state index contributed by atoms with van der Waals surface area (Å²) in [5, 5.41) is 0.896. The first-order valence-corrected chi connectivity index (χ1v) is 11.3. The maximum absolute atomic E-state index is 14.6. The summed E-state index contributed by atoms with van der Waals surface area (Å²) >= 11 is 0. The van der Waals surface area contributed by atoms with Crippen molar-refractivity contribution in [1.82, 2.24) is 19.8 Å². The molecule has 0 saturated carbocycles. The van der Waals surface area contributed by atoms with Gasteiger partial charge in [-0.3, -0.25) is 4.79 Å². The minimum Gasteiger partial charge on any atom is -0.496 e. The predicted molar refractivity (Wildman–Crippen MR) is 131 cm³/mol. The molecule has 3 heterocycles. The number of carbonyl (C=O) groups excluding carboxylic acids is 1. The van der Waals surface area contributed by atoms with Gasteiger partial charge in [0.25, 0.3) is 5.91 Å². The molecule has 5 rings (SSSR count). The monoisotopic (exact) mass is 458 g/mol. The lowest BCUT2D eigenvalue weighted by molar-refractivity contribution is 0.0782. The Hall–Kier alpha value is -3.71. The number of aromatic amines is 1. The number of fused-ring (bicyclic) bond motifs is 1. The second kappa shape index (κ2) is 8.91. The minimum atomic E-state index is -0.441. The average Bonchev–Trinajstić information content (AvgIpc) is 3.50. The number of para-hydroxylation sites is 1. The molecule has 6 nitrogen and oxygen atoms in total. The number of likely N-dealkylation sites (N-methyl/N-ethyl adjacent to an activating group) is 1. The van der Waals surface area contributed by atoms with Crippen LogP contribution in [0.1, 0.15) is 16.8 Å². The van der Waals surface area contributed by atoms with Crippen LogP contribution >= 0.6 is 0 Å². The summed E-state index contributed by atoms with van der Waals surface area (Å²) in [6.07, 6.45) is 4.51. The number of benzene rings is 2. The van der Waals surface area contributed by atoms with Crippen LogP contribution < -0.4 is 4.74 Å². The van der Waals surface area contributed by atoms with Gasteiger partial charge in [-0.15, -0.1) is 0 Å². The second-order valence-electron chi connectivity index (χ2n) is 8.91. The molecule has 1 aliphatic heterocycles. The van der Waals surface area contributed by atoms with Gasteiger partial charge in [0, 0.05) is 59.2 Å². The number of hydrogen-bond acceptors (Lipinski definition) is 4. The Balaban J connectivity index is 1.52. The van der Waals surface area contributed by atoms with E-state index in [1.165, 1.54) is 12.1 Å². The van der Waals surface area contributed by atoms with E-state index in [2.05, 4.69) is 14.9 Å². The zero-order valence-electron chi connectivity index (χ0n) is 19.5. The van der Waals surface area contributed by atoms with Gasteiger partial charge < -0.3 is 19.5 Å². The molecule has 0 unspecified atom stereocenters. The van der Waals surface area contributed by atoms with Crippen LogP contribution in [0.25, 0.3) is 33.3 Å². The van der Waals surface area contributed by atoms with Crippen LogP contribution in [-0.4, -0.2) is 66.0 Å². The molecule has 1 saturated heterocycles. The Labute approximate surface area is 198 Å². The van der Waals surface area contributed by atoms with Gasteiger partial charge in [-0.05, 0) is 56.4 Å². The minimum absolute atomic E-state index is 0.143. The third kappa shape index (κ3) is 4.03. The number of aromatic nitrogens is 2. The summed E-state index contributed by atoms with van der Waals surface area (Å²) in [4.78, 5) is 24.8. The van der Waals surface area contributed by atoms with Crippen molar-refractivity contribution >= 4 is 16.9 Å². The van der Waals surface area contributed by atoms with Crippen molar-refractivity contribution in [3.05, 3.63) is 72.3 Å². The van der Waals surface area contributed by atoms with E-state index in [0.29, 0.717) is 30.3 Å². The highest BCUT2D eigenvalue weighted by molar-refractivity contribution is 5.98. The molecule has 34 heavy (non-hydrogen) atoms. The van der Waals surface area contributed by atoms with Gasteiger partial charge in [-0.2, -0.15) is 0 Å². The van der Waals surface area contributed by atoms with Crippen LogP contribution in [0.3, 0.4) is 0 Å². The van der Waals surface area contributed by atoms with Gasteiger partial charge in [-0.25, -0.2) is 9.37 Å². The van der Waals surface area contributed by atoms with Crippen molar-refractivity contribution < 1.29 is 13.9 Å². The van der Waals surface area contributed by atoms with Crippen molar-refractivity contribution in [3.8, 4) is 28.0 Å². The number of methoxy groups -OCH3 is 1. The Morgan fingerprint density at radius 1 is 1.15 bits per heavy atom. The molecule has 2 aromatic carbocycles. The molecule has 0 bridgehead atoms. The van der Waals surface area contributed by atoms with Gasteiger partial charge in [0.2, 0.25) is 0 Å². The van der Waals surface area contributed by atoms with E-state index in [0.717, 1.165) is 39.9 Å². The number of H-pyrrole nitrogens is 1. The fraction of sp³-hybridized carbons (Fsp3) is 0.259. The Bertz CT molecular complexity index is 1360. The molecule has 1 N–H and O–H groups in total. The van der Waals surface area contributed by atoms with Gasteiger partial charge >= 0.3 is 0 Å². The molecule has 7 heteroatoms. The highest BCUT2D eigenvalue weighted by atomic mass is 19.1. The van der Waals surface area contributed by atoms with Crippen molar-refractivity contribution in [2.24, 2.45) is 0 Å². The third-order valence-corrected chi connectivity index (χ3v) is 6.59. The number of likely N-dealkylation sites (tertiary alicyclic amines) is 1. The Morgan fingerprint density at radius 2 is 1.97 bits per heavy atom. The first-order chi connectivity index (χ1) is 16.4. The molecular weight excluding hydrogens is 431 g/mol. The van der Waals surface area contributed by atoms with Crippen molar-refractivity contribution in [3.63, 3.8) is 0 Å². The lowest BCUT2D eigenvalue weighted by Crippen LogP contribution is -2.34. The second-order valence-corrected chi connectivity index (χ2v) is 8.91. The number of hydrogen-bond donors (Lipinski definition) is 1. The summed E-state index contributed by atoms with van der Waals surface area (Å²) < 4.78 is 20.2. The fourth-order valence-corrected chi connectivity index (χ4v) is 4.66. The van der Waals surface area contributed by atoms with Crippen LogP contribution in [0.4, 0.5) is 4.39 Å². The highest BCUT2D eigenvalue weighted by Crippen LogP contribution is 2.36. The van der Waals surface area contributed by atoms with E-state index in [4.69, 9.17) is 4.74 Å². The first kappa shape index (κ1) is 22.1. The van der Waals surface area contributed by atoms with Crippen LogP contribution in [0.15, 0.2) is 60.9 Å². The number of amides is 1. The molecule has 0 aliphatic carbocycles. The summed E-state index contributed by atoms with van der Waals surface area (Å²) in [5.41, 5.74) is 4.33. The maximum Gasteiger partial charge on any atom is 0.254 e. The third-order valence-electron chi connectivity index (χ3n) is 6.59. The molecule has 1 fully saturated rings. The van der Waals surface area contributed by atoms with Crippen molar-refractivity contribution in [2.45, 2.75) is 12.5 Å². The Kier molecular flexibility index (Phi) is 5.79. The van der Waals surface area contributed by atoms with E-state index in [-0.39, 0.29) is 5.91 Å². The summed E-state index contributed by atoms with van der Waals surface area (Å²) in [5.74, 6) is 0.174. The maximum atomic E-state index is 14.6. The Morgan fingerprint density at radius 3 is 2.74 bits per heavy atom. The lowest BCUT2D eigenvalue weighted by atomic mass is 10.00. The number of nitrogens with zero attached hydrogens (tertiary/aromatic N) is 3. The molecule has 174 valence electrons. The van der Waals surface area contributed by atoms with E-state index < -0.39 is 5.82 Å². The van der Waals surface area contributed by atoms with Crippen LogP contribution in [0.5, 0.6) is 5.75 Å². The van der Waals surface area contributed by atoms with Crippen LogP contribution in [0.2, 0.25) is 0 Å². The zero-order chi connectivity index (χ0) is 23.8. The average molecular weight is 459 g/mol. The number of halogens is 1. The van der Waals surface area contributed by atoms with Crippen LogP contribution in [0, 0.1) is 5.82 Å². The predicted octanol–water partition coefficient (Wildman–Crippen LogP) is 4.82. The van der Waals surface area contributed by atoms with E-state index in [1.807, 2.05) is 50.6 Å². The van der Waals surface area contributed by atoms with Gasteiger partial charge in [0.15, 0.2) is 0 Å². The van der Waals surface area contributed by atoms with E-state index >= 15 is 0 Å². The molecule has 0 radical (unpaired) electrons. The summed E-state index contributed by atoms with van der Waals surface area (Å²) in [6, 6.07) is 14.6. The SMILES string of the molecule is COc1ccccc1-c1c[nH]c2ncc(-c3cc(F)cc(C(=O)N4CC[C@@H](N(C)C)C4)c3)cc12. The molecule has 1 amide bonds. The number of pyridine rings is 1. The van der Waals surface area contributed by atoms with E-state index in [1.54, 1.807) is 24.3 Å². The number of ether oxygens (including phenoxy) is 1. The molecule has 4 aromatic rings. The molecule has 1 atom stereocenters. The number of rotatable bonds is 5. The number of carbonyl (C=O) groups is 1. The molecule has 2 aromatic heterocycles. The van der Waals surface area contributed by atoms with E-state index in [9.17, 15) is 9.18 Å². The fourth-order valence-electron chi connectivity index (χ4n) is 4.66. The van der Waals surface area contributed by atoms with Gasteiger partial charge in [-0.1, -0.05) is 18.2 Å². The van der Waals surface area contributed by atoms with Crippen molar-refractivity contribution in [1.29, 1.82) is 0 Å². The van der Waals surface area contributed by atoms with Gasteiger partial charge in [0.1, 0.15) is 17.2 Å². The molecule has 0 spiro atoms. The first-order valence-electron chi connectivity index (χ1n) is 11.3. The van der Waals surface area contributed by atoms with Crippen LogP contribution in [-0.2, 0) is 0 Å². The topological polar surface area (TPSA) is 61.5 Å². The standard InChI is InChI=1S/C27H27FN4O2/c1-31(2)21-8-9-32(16-21)27(33)18-10-17(11-20(28)12-18)19-13-23-24(15-30-26(23)29-14-19)22-6-4-5-7-25(22)34-3/h4-7,10-15,21H,8-9,16H2,1-3H3,(H,29,30)/t21-/m1/s1. The number of nitrogens with one attached hydrogen (secondary N) is 1. The summed E-state index contributed by atoms with van der Waals surface area (Å²) in [6.45, 7) is 1.32. The quantitative estimate of drug-likeness (QED) is 0.466. The van der Waals surface area contributed by atoms with Crippen molar-refractivity contribution in [2.75, 3.05) is 34.3 Å².